The molecular weight excluding hydrogens is 148 g/mol. The molecule has 0 aromatic heterocycles. The zero-order valence-electron chi connectivity index (χ0n) is 6.26. The van der Waals surface area contributed by atoms with Gasteiger partial charge in [-0.3, -0.25) is 0 Å². The Morgan fingerprint density at radius 3 is 2.60 bits per heavy atom. The first kappa shape index (κ1) is 9.39. The summed E-state index contributed by atoms with van der Waals surface area (Å²) >= 11 is 0. The molecule has 0 aromatic carbocycles. The molecule has 0 aliphatic rings. The lowest BCUT2D eigenvalue weighted by Gasteiger charge is -2.06. The van der Waals surface area contributed by atoms with Crippen molar-refractivity contribution in [2.75, 3.05) is 0 Å². The average Bonchev–Trinajstić information content (AvgIpc) is 1.87. The Bertz CT molecular complexity index is 144. The zero-order valence-corrected chi connectivity index (χ0v) is 7.41. The van der Waals surface area contributed by atoms with E-state index in [0.29, 0.717) is 11.6 Å². The van der Waals surface area contributed by atoms with Crippen LogP contribution < -0.4 is 0 Å². The molecule has 1 unspecified atom stereocenters. The molecule has 0 amide bonds. The predicted molar refractivity (Wildman–Crippen MR) is 40.8 cm³/mol. The van der Waals surface area contributed by atoms with E-state index in [2.05, 4.69) is 11.0 Å². The van der Waals surface area contributed by atoms with Crippen LogP contribution in [0.25, 0.3) is 0 Å². The van der Waals surface area contributed by atoms with Gasteiger partial charge in [0.2, 0.25) is 0 Å². The van der Waals surface area contributed by atoms with E-state index >= 15 is 0 Å². The van der Waals surface area contributed by atoms with Crippen LogP contribution in [-0.2, 0) is 9.22 Å². The second kappa shape index (κ2) is 4.24. The van der Waals surface area contributed by atoms with Crippen molar-refractivity contribution in [3.8, 4) is 0 Å². The molecule has 10 heavy (non-hydrogen) atoms. The first-order chi connectivity index (χ1) is 4.57. The normalized spacial score (nSPS) is 12.3. The minimum Gasteiger partial charge on any atom is -0.493 e. The first-order valence-corrected chi connectivity index (χ1v) is 4.93. The summed E-state index contributed by atoms with van der Waals surface area (Å²) < 4.78 is 4.62. The summed E-state index contributed by atoms with van der Waals surface area (Å²) in [4.78, 5) is 19.6. The Balaban J connectivity index is 3.68. The number of rotatable bonds is 3. The molecule has 0 aromatic rings. The minimum absolute atomic E-state index is 0.333. The highest BCUT2D eigenvalue weighted by Gasteiger charge is 2.11. The maximum Gasteiger partial charge on any atom is 0.382 e. The SMILES string of the molecule is C=C(C)C(=O)O[SiH](O)CC. The summed E-state index contributed by atoms with van der Waals surface area (Å²) in [5, 5.41) is 0. The van der Waals surface area contributed by atoms with Gasteiger partial charge < -0.3 is 9.22 Å². The standard InChI is InChI=1S/C6H12O3Si/c1-4-10(8)9-6(7)5(2)3/h8,10H,2,4H2,1,3H3. The summed E-state index contributed by atoms with van der Waals surface area (Å²) in [5.41, 5.74) is 0.333. The monoisotopic (exact) mass is 160 g/mol. The first-order valence-electron chi connectivity index (χ1n) is 3.12. The van der Waals surface area contributed by atoms with Crippen molar-refractivity contribution in [1.82, 2.24) is 0 Å². The molecule has 0 saturated carbocycles. The third-order valence-electron chi connectivity index (χ3n) is 0.941. The Labute approximate surface area is 62.2 Å². The van der Waals surface area contributed by atoms with E-state index in [1.165, 1.54) is 0 Å². The second-order valence-electron chi connectivity index (χ2n) is 2.05. The number of hydrogen-bond donors (Lipinski definition) is 1. The lowest BCUT2D eigenvalue weighted by molar-refractivity contribution is -0.131. The maximum absolute atomic E-state index is 10.7. The fourth-order valence-corrected chi connectivity index (χ4v) is 0.922. The number of carbonyl (C=O) groups is 1. The fourth-order valence-electron chi connectivity index (χ4n) is 0.307. The quantitative estimate of drug-likeness (QED) is 0.478. The van der Waals surface area contributed by atoms with Gasteiger partial charge in [0, 0.05) is 5.57 Å². The summed E-state index contributed by atoms with van der Waals surface area (Å²) in [5.74, 6) is -0.485. The molecule has 3 nitrogen and oxygen atoms in total. The molecule has 0 heterocycles. The minimum atomic E-state index is -2.21. The molecule has 1 N–H and O–H groups in total. The van der Waals surface area contributed by atoms with Gasteiger partial charge >= 0.3 is 15.3 Å². The van der Waals surface area contributed by atoms with Gasteiger partial charge in [-0.1, -0.05) is 13.5 Å². The maximum atomic E-state index is 10.7. The van der Waals surface area contributed by atoms with Crippen LogP contribution in [0.1, 0.15) is 13.8 Å². The van der Waals surface area contributed by atoms with Gasteiger partial charge in [-0.15, -0.1) is 0 Å². The molecule has 58 valence electrons. The van der Waals surface area contributed by atoms with Crippen LogP contribution in [0.15, 0.2) is 12.2 Å². The van der Waals surface area contributed by atoms with Gasteiger partial charge in [0.15, 0.2) is 0 Å². The van der Waals surface area contributed by atoms with E-state index in [0.717, 1.165) is 0 Å². The Hall–Kier alpha value is -0.613. The van der Waals surface area contributed by atoms with Crippen LogP contribution in [0.4, 0.5) is 0 Å². The van der Waals surface area contributed by atoms with Crippen molar-refractivity contribution in [1.29, 1.82) is 0 Å². The summed E-state index contributed by atoms with van der Waals surface area (Å²) in [6.45, 7) is 6.71. The molecule has 0 aliphatic carbocycles. The van der Waals surface area contributed by atoms with Crippen molar-refractivity contribution in [2.45, 2.75) is 19.9 Å². The molecule has 0 radical (unpaired) electrons. The van der Waals surface area contributed by atoms with Gasteiger partial charge in [0.05, 0.1) is 0 Å². The van der Waals surface area contributed by atoms with Crippen LogP contribution in [0.5, 0.6) is 0 Å². The van der Waals surface area contributed by atoms with E-state index in [4.69, 9.17) is 4.80 Å². The lowest BCUT2D eigenvalue weighted by Crippen LogP contribution is -2.21. The number of carbonyl (C=O) groups excluding carboxylic acids is 1. The van der Waals surface area contributed by atoms with Crippen LogP contribution in [0.3, 0.4) is 0 Å². The van der Waals surface area contributed by atoms with Crippen LogP contribution in [0, 0.1) is 0 Å². The highest BCUT2D eigenvalue weighted by molar-refractivity contribution is 6.45. The van der Waals surface area contributed by atoms with Gasteiger partial charge in [-0.25, -0.2) is 4.79 Å². The van der Waals surface area contributed by atoms with Crippen molar-refractivity contribution in [2.24, 2.45) is 0 Å². The molecule has 0 bridgehead atoms. The Kier molecular flexibility index (Phi) is 3.98. The van der Waals surface area contributed by atoms with Crippen LogP contribution in [0.2, 0.25) is 6.04 Å². The van der Waals surface area contributed by atoms with Gasteiger partial charge in [0.25, 0.3) is 0 Å². The average molecular weight is 160 g/mol. The molecule has 0 spiro atoms. The lowest BCUT2D eigenvalue weighted by atomic mass is 10.4. The summed E-state index contributed by atoms with van der Waals surface area (Å²) in [7, 11) is -2.21. The van der Waals surface area contributed by atoms with E-state index in [1.807, 2.05) is 0 Å². The van der Waals surface area contributed by atoms with E-state index < -0.39 is 15.3 Å². The van der Waals surface area contributed by atoms with Crippen LogP contribution in [-0.4, -0.2) is 20.0 Å². The van der Waals surface area contributed by atoms with Crippen molar-refractivity contribution < 1.29 is 14.0 Å². The fraction of sp³-hybridized carbons (Fsp3) is 0.500. The predicted octanol–water partition coefficient (Wildman–Crippen LogP) is 0.338. The Morgan fingerprint density at radius 1 is 1.80 bits per heavy atom. The third kappa shape index (κ3) is 3.42. The largest absolute Gasteiger partial charge is 0.493 e. The smallest absolute Gasteiger partial charge is 0.382 e. The Morgan fingerprint density at radius 2 is 2.30 bits per heavy atom. The summed E-state index contributed by atoms with van der Waals surface area (Å²) in [6, 6.07) is 0.541. The van der Waals surface area contributed by atoms with E-state index in [-0.39, 0.29) is 0 Å². The zero-order chi connectivity index (χ0) is 8.15. The van der Waals surface area contributed by atoms with Gasteiger partial charge in [0.1, 0.15) is 0 Å². The molecule has 4 heteroatoms. The molecule has 0 fully saturated rings. The molecular formula is C6H12O3Si. The second-order valence-corrected chi connectivity index (χ2v) is 4.01. The van der Waals surface area contributed by atoms with Gasteiger partial charge in [-0.05, 0) is 13.0 Å². The third-order valence-corrected chi connectivity index (χ3v) is 2.13. The molecule has 0 saturated heterocycles. The molecule has 1 atom stereocenters. The van der Waals surface area contributed by atoms with E-state index in [1.54, 1.807) is 13.8 Å². The van der Waals surface area contributed by atoms with Crippen molar-refractivity contribution in [3.63, 3.8) is 0 Å². The highest BCUT2D eigenvalue weighted by Crippen LogP contribution is 1.95. The number of hydrogen-bond acceptors (Lipinski definition) is 3. The highest BCUT2D eigenvalue weighted by atomic mass is 28.3. The molecule has 0 aliphatic heterocycles. The topological polar surface area (TPSA) is 46.5 Å². The van der Waals surface area contributed by atoms with E-state index in [9.17, 15) is 4.79 Å². The van der Waals surface area contributed by atoms with Crippen molar-refractivity contribution >= 4 is 15.3 Å². The molecule has 0 rings (SSSR count). The summed E-state index contributed by atoms with van der Waals surface area (Å²) in [6.07, 6.45) is 0. The van der Waals surface area contributed by atoms with Crippen LogP contribution >= 0.6 is 0 Å². The van der Waals surface area contributed by atoms with Crippen molar-refractivity contribution in [3.05, 3.63) is 12.2 Å². The van der Waals surface area contributed by atoms with Gasteiger partial charge in [-0.2, -0.15) is 0 Å².